The van der Waals surface area contributed by atoms with Crippen LogP contribution in [0.2, 0.25) is 0 Å². The smallest absolute Gasteiger partial charge is 0.187 e. The van der Waals surface area contributed by atoms with Crippen LogP contribution in [0.25, 0.3) is 0 Å². The van der Waals surface area contributed by atoms with Crippen LogP contribution in [0, 0.1) is 0 Å². The van der Waals surface area contributed by atoms with Crippen molar-refractivity contribution >= 4 is 0 Å². The summed E-state index contributed by atoms with van der Waals surface area (Å²) in [6, 6.07) is 0. The topological polar surface area (TPSA) is 348 Å². The zero-order valence-corrected chi connectivity index (χ0v) is 23.5. The van der Waals surface area contributed by atoms with Crippen molar-refractivity contribution < 1.29 is 105 Å². The number of rotatable bonds is 10. The van der Waals surface area contributed by atoms with Gasteiger partial charge in [-0.25, -0.2) is 0 Å². The van der Waals surface area contributed by atoms with Gasteiger partial charge in [0.25, 0.3) is 0 Å². The number of hydrogen-bond donors (Lipinski definition) is 14. The quantitative estimate of drug-likeness (QED) is 0.103. The molecular formula is C24H42O21. The van der Waals surface area contributed by atoms with E-state index in [-0.39, 0.29) is 0 Å². The second kappa shape index (κ2) is 15.6. The van der Waals surface area contributed by atoms with Crippen LogP contribution >= 0.6 is 0 Å². The van der Waals surface area contributed by atoms with E-state index < -0.39 is 149 Å². The van der Waals surface area contributed by atoms with Crippen LogP contribution in [0.5, 0.6) is 0 Å². The largest absolute Gasteiger partial charge is 0.394 e. The predicted molar refractivity (Wildman–Crippen MR) is 134 cm³/mol. The Labute approximate surface area is 254 Å². The van der Waals surface area contributed by atoms with E-state index in [1.807, 2.05) is 0 Å². The molecule has 21 nitrogen and oxygen atoms in total. The minimum Gasteiger partial charge on any atom is -0.394 e. The van der Waals surface area contributed by atoms with E-state index in [1.165, 1.54) is 0 Å². The summed E-state index contributed by atoms with van der Waals surface area (Å²) >= 11 is 0. The Hall–Kier alpha value is -0.840. The zero-order valence-electron chi connectivity index (χ0n) is 23.5. The molecule has 20 atom stereocenters. The third-order valence-electron chi connectivity index (χ3n) is 8.20. The summed E-state index contributed by atoms with van der Waals surface area (Å²) in [5.41, 5.74) is 0. The lowest BCUT2D eigenvalue weighted by molar-refractivity contribution is -0.387. The zero-order chi connectivity index (χ0) is 33.3. The summed E-state index contributed by atoms with van der Waals surface area (Å²) in [6.45, 7) is -3.39. The van der Waals surface area contributed by atoms with Gasteiger partial charge in [-0.3, -0.25) is 0 Å². The first-order valence-electron chi connectivity index (χ1n) is 14.1. The number of aliphatic hydroxyl groups is 14. The fourth-order valence-corrected chi connectivity index (χ4v) is 5.55. The molecule has 0 aromatic carbocycles. The Morgan fingerprint density at radius 2 is 0.644 bits per heavy atom. The highest BCUT2D eigenvalue weighted by Crippen LogP contribution is 2.34. The first-order chi connectivity index (χ1) is 21.3. The molecule has 0 radical (unpaired) electrons. The fraction of sp³-hybridized carbons (Fsp3) is 1.00. The lowest BCUT2D eigenvalue weighted by Crippen LogP contribution is -2.67. The van der Waals surface area contributed by atoms with Crippen LogP contribution < -0.4 is 0 Å². The summed E-state index contributed by atoms with van der Waals surface area (Å²) in [4.78, 5) is 0. The maximum Gasteiger partial charge on any atom is 0.187 e. The Morgan fingerprint density at radius 3 is 1.02 bits per heavy atom. The molecule has 4 saturated heterocycles. The van der Waals surface area contributed by atoms with E-state index in [0.717, 1.165) is 0 Å². The molecule has 0 aromatic heterocycles. The van der Waals surface area contributed by atoms with Crippen LogP contribution in [-0.2, 0) is 33.2 Å². The molecule has 4 aliphatic heterocycles. The monoisotopic (exact) mass is 666 g/mol. The van der Waals surface area contributed by atoms with Crippen molar-refractivity contribution in [3.8, 4) is 0 Å². The molecule has 14 N–H and O–H groups in total. The third-order valence-corrected chi connectivity index (χ3v) is 8.20. The van der Waals surface area contributed by atoms with Crippen molar-refractivity contribution in [3.05, 3.63) is 0 Å². The van der Waals surface area contributed by atoms with E-state index in [0.29, 0.717) is 0 Å². The van der Waals surface area contributed by atoms with Crippen molar-refractivity contribution in [2.45, 2.75) is 123 Å². The molecule has 0 aromatic rings. The van der Waals surface area contributed by atoms with Crippen LogP contribution in [0.3, 0.4) is 0 Å². The van der Waals surface area contributed by atoms with Gasteiger partial charge in [-0.15, -0.1) is 0 Å². The molecule has 4 heterocycles. The van der Waals surface area contributed by atoms with Gasteiger partial charge >= 0.3 is 0 Å². The first kappa shape index (κ1) is 37.0. The predicted octanol–water partition coefficient (Wildman–Crippen LogP) is -9.75. The van der Waals surface area contributed by atoms with Gasteiger partial charge in [0.1, 0.15) is 97.7 Å². The lowest BCUT2D eigenvalue weighted by Gasteiger charge is -2.49. The first-order valence-corrected chi connectivity index (χ1v) is 14.1. The van der Waals surface area contributed by atoms with Gasteiger partial charge in [-0.05, 0) is 0 Å². The molecule has 4 rings (SSSR count). The van der Waals surface area contributed by atoms with E-state index in [1.54, 1.807) is 0 Å². The molecular weight excluding hydrogens is 624 g/mol. The SMILES string of the molecule is OC[C@H]1O[C@@H](O[C@H]2[C@H](O)[C@@H](O)[C@H](O[C@H]3[C@H](O)[C@@H](O)[C@@H](O[C@H]4[C@H](O)[C@@H](O)C(O)O[C@@H]4CO)O[C@@H]3CO)O[C@@H]2CO)[C@H](O)[C@@H](O)[C@@H]1O. The highest BCUT2D eigenvalue weighted by molar-refractivity contribution is 4.97. The molecule has 1 unspecified atom stereocenters. The maximum absolute atomic E-state index is 10.9. The van der Waals surface area contributed by atoms with E-state index in [9.17, 15) is 71.5 Å². The van der Waals surface area contributed by atoms with Crippen molar-refractivity contribution in [1.29, 1.82) is 0 Å². The molecule has 4 aliphatic rings. The highest BCUT2D eigenvalue weighted by Gasteiger charge is 2.55. The molecule has 0 bridgehead atoms. The van der Waals surface area contributed by atoms with Gasteiger partial charge in [0.15, 0.2) is 25.2 Å². The Morgan fingerprint density at radius 1 is 0.333 bits per heavy atom. The van der Waals surface area contributed by atoms with Crippen molar-refractivity contribution in [2.24, 2.45) is 0 Å². The van der Waals surface area contributed by atoms with Gasteiger partial charge in [0, 0.05) is 0 Å². The second-order valence-corrected chi connectivity index (χ2v) is 11.1. The van der Waals surface area contributed by atoms with Crippen LogP contribution in [0.15, 0.2) is 0 Å². The van der Waals surface area contributed by atoms with Gasteiger partial charge in [-0.1, -0.05) is 0 Å². The van der Waals surface area contributed by atoms with E-state index >= 15 is 0 Å². The summed E-state index contributed by atoms with van der Waals surface area (Å²) in [5, 5.41) is 142. The number of hydrogen-bond acceptors (Lipinski definition) is 21. The summed E-state index contributed by atoms with van der Waals surface area (Å²) < 4.78 is 37.7. The molecule has 21 heteroatoms. The highest BCUT2D eigenvalue weighted by atomic mass is 16.8. The third kappa shape index (κ3) is 7.44. The van der Waals surface area contributed by atoms with E-state index in [2.05, 4.69) is 0 Å². The molecule has 0 aliphatic carbocycles. The normalized spacial score (nSPS) is 52.9. The van der Waals surface area contributed by atoms with Gasteiger partial charge in [0.05, 0.1) is 26.4 Å². The van der Waals surface area contributed by atoms with Crippen LogP contribution in [-0.4, -0.2) is 221 Å². The standard InChI is InChI=1S/C24H42O21/c25-1-5-9(29)10(30)15(35)22(40-5)44-19-7(3-27)42-24(17(37)12(19)32)45-20-8(4-28)41-23(16(36)13(20)33)43-18-6(2-26)39-21(38)14(34)11(18)31/h5-38H,1-4H2/t5-,6-,7-,8-,9-,10+,11-,12-,13-,14-,15-,16-,17-,18-,19-,20-,21?,22+,23-,24+/m1/s1. The molecule has 4 fully saturated rings. The van der Waals surface area contributed by atoms with Crippen molar-refractivity contribution in [3.63, 3.8) is 0 Å². The lowest BCUT2D eigenvalue weighted by atomic mass is 9.95. The fourth-order valence-electron chi connectivity index (χ4n) is 5.55. The minimum absolute atomic E-state index is 0.784. The van der Waals surface area contributed by atoms with Gasteiger partial charge in [-0.2, -0.15) is 0 Å². The number of aliphatic hydroxyl groups excluding tert-OH is 14. The Kier molecular flexibility index (Phi) is 12.8. The molecule has 0 spiro atoms. The van der Waals surface area contributed by atoms with Gasteiger partial charge < -0.3 is 105 Å². The summed E-state index contributed by atoms with van der Waals surface area (Å²) in [5.74, 6) is 0. The summed E-state index contributed by atoms with van der Waals surface area (Å²) in [6.07, 6.45) is -35.3. The molecule has 264 valence electrons. The average Bonchev–Trinajstić information content (AvgIpc) is 3.03. The average molecular weight is 667 g/mol. The van der Waals surface area contributed by atoms with Crippen molar-refractivity contribution in [1.82, 2.24) is 0 Å². The minimum atomic E-state index is -2.02. The summed E-state index contributed by atoms with van der Waals surface area (Å²) in [7, 11) is 0. The Balaban J connectivity index is 1.43. The van der Waals surface area contributed by atoms with Gasteiger partial charge in [0.2, 0.25) is 0 Å². The van der Waals surface area contributed by atoms with Crippen LogP contribution in [0.4, 0.5) is 0 Å². The second-order valence-electron chi connectivity index (χ2n) is 11.1. The molecule has 0 saturated carbocycles. The van der Waals surface area contributed by atoms with Crippen molar-refractivity contribution in [2.75, 3.05) is 26.4 Å². The molecule has 0 amide bonds. The number of ether oxygens (including phenoxy) is 7. The molecule has 45 heavy (non-hydrogen) atoms. The maximum atomic E-state index is 10.9. The van der Waals surface area contributed by atoms with E-state index in [4.69, 9.17) is 33.2 Å². The van der Waals surface area contributed by atoms with Crippen LogP contribution in [0.1, 0.15) is 0 Å². The Bertz CT molecular complexity index is 910.